The fourth-order valence-electron chi connectivity index (χ4n) is 4.02. The number of nitriles is 1. The van der Waals surface area contributed by atoms with Gasteiger partial charge >= 0.3 is 6.18 Å². The second-order valence-electron chi connectivity index (χ2n) is 9.55. The van der Waals surface area contributed by atoms with E-state index >= 15 is 0 Å². The van der Waals surface area contributed by atoms with E-state index in [9.17, 15) is 27.6 Å². The molecule has 0 aliphatic carbocycles. The summed E-state index contributed by atoms with van der Waals surface area (Å²) in [5.41, 5.74) is -0.213. The molecule has 0 saturated carbocycles. The van der Waals surface area contributed by atoms with Crippen LogP contribution in [0.3, 0.4) is 0 Å². The van der Waals surface area contributed by atoms with E-state index < -0.39 is 47.0 Å². The van der Waals surface area contributed by atoms with Gasteiger partial charge in [-0.1, -0.05) is 36.4 Å². The molecule has 0 spiro atoms. The van der Waals surface area contributed by atoms with Crippen LogP contribution >= 0.6 is 0 Å². The minimum atomic E-state index is -4.70. The highest BCUT2D eigenvalue weighted by molar-refractivity contribution is 5.85. The molecule has 1 amide bonds. The first-order valence-electron chi connectivity index (χ1n) is 12.1. The number of aromatic nitrogens is 2. The van der Waals surface area contributed by atoms with Gasteiger partial charge in [-0.2, -0.15) is 18.4 Å². The Morgan fingerprint density at radius 2 is 1.82 bits per heavy atom. The zero-order valence-electron chi connectivity index (χ0n) is 21.9. The Morgan fingerprint density at radius 1 is 1.13 bits per heavy atom. The van der Waals surface area contributed by atoms with E-state index in [-0.39, 0.29) is 5.56 Å². The van der Waals surface area contributed by atoms with Crippen molar-refractivity contribution in [2.45, 2.75) is 57.9 Å². The molecule has 0 aliphatic rings. The summed E-state index contributed by atoms with van der Waals surface area (Å²) in [6, 6.07) is 13.8. The minimum Gasteiger partial charge on any atom is -0.461 e. The third kappa shape index (κ3) is 7.87. The van der Waals surface area contributed by atoms with Crippen LogP contribution in [0.1, 0.15) is 61.6 Å². The van der Waals surface area contributed by atoms with Crippen LogP contribution in [0.4, 0.5) is 17.6 Å². The second-order valence-corrected chi connectivity index (χ2v) is 9.55. The molecule has 2 unspecified atom stereocenters. The smallest absolute Gasteiger partial charge is 0.433 e. The highest BCUT2D eigenvalue weighted by atomic mass is 19.4. The number of hydrogen-bond donors (Lipinski definition) is 1. The van der Waals surface area contributed by atoms with Crippen LogP contribution in [0.5, 0.6) is 5.88 Å². The van der Waals surface area contributed by atoms with Crippen LogP contribution in [0.15, 0.2) is 60.9 Å². The van der Waals surface area contributed by atoms with Crippen molar-refractivity contribution in [1.29, 1.82) is 5.26 Å². The number of amides is 1. The average molecular weight is 541 g/mol. The van der Waals surface area contributed by atoms with Gasteiger partial charge in [-0.05, 0) is 69.0 Å². The number of nitrogens with one attached hydrogen (secondary N) is 1. The predicted octanol–water partition coefficient (Wildman–Crippen LogP) is 6.23. The lowest BCUT2D eigenvalue weighted by atomic mass is 9.85. The molecule has 204 valence electrons. The summed E-state index contributed by atoms with van der Waals surface area (Å²) < 4.78 is 59.0. The van der Waals surface area contributed by atoms with Crippen molar-refractivity contribution in [3.63, 3.8) is 0 Å². The van der Waals surface area contributed by atoms with E-state index in [0.29, 0.717) is 24.4 Å². The number of carbonyl (C=O) groups is 1. The number of hydrogen-bond acceptors (Lipinski definition) is 5. The largest absolute Gasteiger partial charge is 0.461 e. The minimum absolute atomic E-state index is 0.143. The van der Waals surface area contributed by atoms with Crippen molar-refractivity contribution in [3.05, 3.63) is 94.7 Å². The molecule has 10 heteroatoms. The molecule has 6 nitrogen and oxygen atoms in total. The first-order chi connectivity index (χ1) is 18.3. The van der Waals surface area contributed by atoms with Crippen LogP contribution in [-0.4, -0.2) is 27.5 Å². The zero-order valence-corrected chi connectivity index (χ0v) is 21.9. The van der Waals surface area contributed by atoms with Gasteiger partial charge in [-0.25, -0.2) is 14.4 Å². The third-order valence-corrected chi connectivity index (χ3v) is 6.07. The Bertz CT molecular complexity index is 1380. The summed E-state index contributed by atoms with van der Waals surface area (Å²) in [6.45, 7) is 6.44. The molecule has 3 rings (SSSR count). The Labute approximate surface area is 224 Å². The third-order valence-electron chi connectivity index (χ3n) is 6.07. The molecule has 2 aromatic carbocycles. The Kier molecular flexibility index (Phi) is 9.07. The Morgan fingerprint density at radius 3 is 2.44 bits per heavy atom. The van der Waals surface area contributed by atoms with Crippen molar-refractivity contribution >= 4 is 12.0 Å². The van der Waals surface area contributed by atoms with Crippen molar-refractivity contribution in [2.75, 3.05) is 0 Å². The number of allylic oxidation sites excluding steroid dienone is 1. The molecule has 3 aromatic rings. The number of nitrogens with zero attached hydrogens (tertiary/aromatic N) is 3. The monoisotopic (exact) mass is 540 g/mol. The van der Waals surface area contributed by atoms with E-state index in [4.69, 9.17) is 4.74 Å². The first-order valence-corrected chi connectivity index (χ1v) is 12.1. The van der Waals surface area contributed by atoms with Gasteiger partial charge in [0.1, 0.15) is 12.1 Å². The second kappa shape index (κ2) is 12.1. The average Bonchev–Trinajstić information content (AvgIpc) is 2.87. The standard InChI is InChI=1S/C29H28F4N4O2/c1-5-6-19-7-9-20(10-8-19)13-24(22-11-21(16-34)12-23(30)14-22)18(2)37-27(38)28(3,4)39-26-15-25(29(31,32)33)35-17-36-26/h5-12,14-15,17-18,24H,13H2,1-4H3,(H,37,38)/b6-5+. The molecule has 1 N–H and O–H groups in total. The molecule has 0 radical (unpaired) electrons. The number of ether oxygens (including phenoxy) is 1. The summed E-state index contributed by atoms with van der Waals surface area (Å²) >= 11 is 0. The van der Waals surface area contributed by atoms with Crippen LogP contribution in [0.2, 0.25) is 0 Å². The maximum Gasteiger partial charge on any atom is 0.433 e. The topological polar surface area (TPSA) is 87.9 Å². The molecule has 0 bridgehead atoms. The van der Waals surface area contributed by atoms with Crippen molar-refractivity contribution in [2.24, 2.45) is 0 Å². The van der Waals surface area contributed by atoms with E-state index in [0.717, 1.165) is 17.2 Å². The van der Waals surface area contributed by atoms with Gasteiger partial charge in [-0.3, -0.25) is 4.79 Å². The van der Waals surface area contributed by atoms with Crippen molar-refractivity contribution < 1.29 is 27.1 Å². The summed E-state index contributed by atoms with van der Waals surface area (Å²) in [6.07, 6.45) is 0.290. The maximum absolute atomic E-state index is 14.4. The van der Waals surface area contributed by atoms with Gasteiger partial charge in [0.15, 0.2) is 11.3 Å². The van der Waals surface area contributed by atoms with Crippen LogP contribution < -0.4 is 10.1 Å². The van der Waals surface area contributed by atoms with Crippen LogP contribution in [0.25, 0.3) is 6.08 Å². The summed E-state index contributed by atoms with van der Waals surface area (Å²) in [5, 5.41) is 12.2. The van der Waals surface area contributed by atoms with Crippen molar-refractivity contribution in [1.82, 2.24) is 15.3 Å². The number of rotatable bonds is 9. The number of carbonyl (C=O) groups excluding carboxylic acids is 1. The SMILES string of the molecule is C/C=C/c1ccc(CC(c2cc(F)cc(C#N)c2)C(C)NC(=O)C(C)(C)Oc2cc(C(F)(F)F)ncn2)cc1. The van der Waals surface area contributed by atoms with Gasteiger partial charge in [0.2, 0.25) is 5.88 Å². The molecule has 0 saturated heterocycles. The molecular formula is C29H28F4N4O2. The fraction of sp³-hybridized carbons (Fsp3) is 0.310. The first kappa shape index (κ1) is 29.3. The van der Waals surface area contributed by atoms with E-state index in [1.165, 1.54) is 19.9 Å². The van der Waals surface area contributed by atoms with E-state index in [2.05, 4.69) is 15.3 Å². The molecule has 1 heterocycles. The van der Waals surface area contributed by atoms with Gasteiger partial charge in [0.25, 0.3) is 5.91 Å². The number of halogens is 4. The van der Waals surface area contributed by atoms with Gasteiger partial charge in [-0.15, -0.1) is 0 Å². The zero-order chi connectivity index (χ0) is 28.8. The summed E-state index contributed by atoms with van der Waals surface area (Å²) in [5.74, 6) is -2.06. The maximum atomic E-state index is 14.4. The number of alkyl halides is 3. The summed E-state index contributed by atoms with van der Waals surface area (Å²) in [7, 11) is 0. The Hall–Kier alpha value is -4.26. The van der Waals surface area contributed by atoms with E-state index in [1.54, 1.807) is 13.0 Å². The molecule has 0 fully saturated rings. The summed E-state index contributed by atoms with van der Waals surface area (Å²) in [4.78, 5) is 20.1. The lowest BCUT2D eigenvalue weighted by molar-refractivity contribution is -0.141. The number of benzene rings is 2. The van der Waals surface area contributed by atoms with E-state index in [1.807, 2.05) is 49.4 Å². The highest BCUT2D eigenvalue weighted by Gasteiger charge is 2.36. The van der Waals surface area contributed by atoms with Gasteiger partial charge < -0.3 is 10.1 Å². The molecule has 39 heavy (non-hydrogen) atoms. The van der Waals surface area contributed by atoms with Crippen LogP contribution in [0, 0.1) is 17.1 Å². The lowest BCUT2D eigenvalue weighted by Gasteiger charge is -2.31. The van der Waals surface area contributed by atoms with Gasteiger partial charge in [0.05, 0.1) is 11.6 Å². The quantitative estimate of drug-likeness (QED) is 0.325. The Balaban J connectivity index is 1.86. The predicted molar refractivity (Wildman–Crippen MR) is 138 cm³/mol. The molecule has 0 aliphatic heterocycles. The molecule has 1 aromatic heterocycles. The van der Waals surface area contributed by atoms with Gasteiger partial charge in [0, 0.05) is 18.0 Å². The van der Waals surface area contributed by atoms with Crippen LogP contribution in [-0.2, 0) is 17.4 Å². The molecule has 2 atom stereocenters. The molecular weight excluding hydrogens is 512 g/mol. The lowest BCUT2D eigenvalue weighted by Crippen LogP contribution is -2.51. The highest BCUT2D eigenvalue weighted by Crippen LogP contribution is 2.30. The fourth-order valence-corrected chi connectivity index (χ4v) is 4.02. The van der Waals surface area contributed by atoms with Crippen molar-refractivity contribution in [3.8, 4) is 11.9 Å². The normalized spacial score (nSPS) is 13.5.